The molecule has 1 heterocycles. The Kier molecular flexibility index (Phi) is 9.45. The van der Waals surface area contributed by atoms with Crippen molar-refractivity contribution in [3.63, 3.8) is 0 Å². The summed E-state index contributed by atoms with van der Waals surface area (Å²) in [5.74, 6) is 0.779. The molecule has 0 saturated heterocycles. The van der Waals surface area contributed by atoms with Crippen LogP contribution in [0.15, 0.2) is 4.99 Å². The quantitative estimate of drug-likeness (QED) is 0.626. The number of nitrogens with zero attached hydrogens (tertiary/aromatic N) is 1. The smallest absolute Gasteiger partial charge is 0.156 e. The van der Waals surface area contributed by atoms with Gasteiger partial charge in [0.05, 0.1) is 0 Å². The van der Waals surface area contributed by atoms with Crippen LogP contribution in [-0.4, -0.2) is 24.5 Å². The number of nitrogens with one attached hydrogen (secondary N) is 1. The predicted octanol–water partition coefficient (Wildman–Crippen LogP) is 4.46. The molecule has 0 bridgehead atoms. The summed E-state index contributed by atoms with van der Waals surface area (Å²) in [7, 11) is 0. The van der Waals surface area contributed by atoms with Gasteiger partial charge < -0.3 is 5.32 Å². The lowest BCUT2D eigenvalue weighted by atomic mass is 9.99. The minimum atomic E-state index is 0.779. The topological polar surface area (TPSA) is 24.4 Å². The Labute approximate surface area is 117 Å². The Bertz CT molecular complexity index is 229. The van der Waals surface area contributed by atoms with Crippen LogP contribution in [0.2, 0.25) is 0 Å². The molecule has 2 nitrogen and oxygen atoms in total. The Balaban J connectivity index is 1.88. The molecule has 0 fully saturated rings. The van der Waals surface area contributed by atoms with E-state index in [1.807, 2.05) is 0 Å². The summed E-state index contributed by atoms with van der Waals surface area (Å²) >= 11 is 1.73. The van der Waals surface area contributed by atoms with Gasteiger partial charge in [-0.15, -0.1) is 0 Å². The van der Waals surface area contributed by atoms with Gasteiger partial charge in [-0.1, -0.05) is 70.1 Å². The Morgan fingerprint density at radius 1 is 1.11 bits per heavy atom. The van der Waals surface area contributed by atoms with Crippen molar-refractivity contribution in [3.8, 4) is 0 Å². The molecule has 1 N–H and O–H groups in total. The largest absolute Gasteiger partial charge is 0.365 e. The van der Waals surface area contributed by atoms with E-state index in [9.17, 15) is 0 Å². The molecule has 1 atom stereocenters. The fraction of sp³-hybridized carbons (Fsp3) is 0.933. The first-order valence-corrected chi connectivity index (χ1v) is 8.91. The first kappa shape index (κ1) is 15.9. The number of thioether (sulfide) groups is 1. The van der Waals surface area contributed by atoms with Gasteiger partial charge in [0, 0.05) is 13.1 Å². The second-order valence-corrected chi connectivity index (χ2v) is 6.16. The summed E-state index contributed by atoms with van der Waals surface area (Å²) in [6.45, 7) is 4.46. The SMILES string of the molecule is CCCCCCCCCCC1CN=C(SC)NC1. The first-order valence-electron chi connectivity index (χ1n) is 7.69. The average Bonchev–Trinajstić information content (AvgIpc) is 2.42. The number of hydrogen-bond donors (Lipinski definition) is 1. The summed E-state index contributed by atoms with van der Waals surface area (Å²) in [5, 5.41) is 4.53. The van der Waals surface area contributed by atoms with E-state index in [0.717, 1.165) is 24.2 Å². The number of hydrogen-bond acceptors (Lipinski definition) is 3. The van der Waals surface area contributed by atoms with Gasteiger partial charge in [0.2, 0.25) is 0 Å². The zero-order valence-corrected chi connectivity index (χ0v) is 13.0. The third-order valence-corrected chi connectivity index (χ3v) is 4.35. The number of aliphatic imine (C=N–C) groups is 1. The predicted molar refractivity (Wildman–Crippen MR) is 84.5 cm³/mol. The van der Waals surface area contributed by atoms with Crippen molar-refractivity contribution in [2.24, 2.45) is 10.9 Å². The monoisotopic (exact) mass is 270 g/mol. The van der Waals surface area contributed by atoms with Crippen LogP contribution in [0.25, 0.3) is 0 Å². The summed E-state index contributed by atoms with van der Waals surface area (Å²) in [6, 6.07) is 0. The van der Waals surface area contributed by atoms with E-state index in [1.165, 1.54) is 57.8 Å². The molecule has 1 rings (SSSR count). The minimum Gasteiger partial charge on any atom is -0.365 e. The molecule has 1 unspecified atom stereocenters. The van der Waals surface area contributed by atoms with Crippen molar-refractivity contribution >= 4 is 16.9 Å². The molecule has 0 saturated carbocycles. The Morgan fingerprint density at radius 2 is 1.78 bits per heavy atom. The van der Waals surface area contributed by atoms with E-state index >= 15 is 0 Å². The van der Waals surface area contributed by atoms with E-state index in [-0.39, 0.29) is 0 Å². The lowest BCUT2D eigenvalue weighted by Crippen LogP contribution is -2.33. The summed E-state index contributed by atoms with van der Waals surface area (Å²) in [6.07, 6.45) is 14.8. The van der Waals surface area contributed by atoms with E-state index in [0.29, 0.717) is 0 Å². The fourth-order valence-electron chi connectivity index (χ4n) is 2.46. The van der Waals surface area contributed by atoms with Crippen molar-refractivity contribution in [2.45, 2.75) is 64.7 Å². The molecule has 0 aliphatic carbocycles. The van der Waals surface area contributed by atoms with Gasteiger partial charge in [0.15, 0.2) is 5.17 Å². The van der Waals surface area contributed by atoms with Gasteiger partial charge in [0.1, 0.15) is 0 Å². The maximum Gasteiger partial charge on any atom is 0.156 e. The summed E-state index contributed by atoms with van der Waals surface area (Å²) < 4.78 is 0. The molecule has 1 aliphatic rings. The van der Waals surface area contributed by atoms with Crippen molar-refractivity contribution in [2.75, 3.05) is 19.3 Å². The van der Waals surface area contributed by atoms with Crippen molar-refractivity contribution in [1.82, 2.24) is 5.32 Å². The second-order valence-electron chi connectivity index (χ2n) is 5.36. The van der Waals surface area contributed by atoms with Gasteiger partial charge in [-0.3, -0.25) is 4.99 Å². The molecule has 0 amide bonds. The molecule has 1 aliphatic heterocycles. The number of unbranched alkanes of at least 4 members (excludes halogenated alkanes) is 7. The van der Waals surface area contributed by atoms with Crippen molar-refractivity contribution in [3.05, 3.63) is 0 Å². The van der Waals surface area contributed by atoms with E-state index in [2.05, 4.69) is 23.5 Å². The van der Waals surface area contributed by atoms with Crippen molar-refractivity contribution < 1.29 is 0 Å². The third-order valence-electron chi connectivity index (χ3n) is 3.69. The molecule has 0 aromatic carbocycles. The van der Waals surface area contributed by atoms with E-state index in [4.69, 9.17) is 0 Å². The normalized spacial score (nSPS) is 19.4. The van der Waals surface area contributed by atoms with Crippen molar-refractivity contribution in [1.29, 1.82) is 0 Å². The third kappa shape index (κ3) is 7.30. The highest BCUT2D eigenvalue weighted by Gasteiger charge is 2.13. The second kappa shape index (κ2) is 10.7. The highest BCUT2D eigenvalue weighted by atomic mass is 32.2. The molecule has 3 heteroatoms. The zero-order chi connectivity index (χ0) is 13.1. The van der Waals surface area contributed by atoms with Gasteiger partial charge in [-0.2, -0.15) is 0 Å². The van der Waals surface area contributed by atoms with Crippen LogP contribution in [0.5, 0.6) is 0 Å². The summed E-state index contributed by atoms with van der Waals surface area (Å²) in [5.41, 5.74) is 0. The number of rotatable bonds is 9. The lowest BCUT2D eigenvalue weighted by molar-refractivity contribution is 0.442. The molecule has 106 valence electrons. The molecular formula is C15H30N2S. The first-order chi connectivity index (χ1) is 8.86. The van der Waals surface area contributed by atoms with Crippen LogP contribution < -0.4 is 5.32 Å². The zero-order valence-electron chi connectivity index (χ0n) is 12.2. The molecule has 0 aromatic heterocycles. The van der Waals surface area contributed by atoms with Gasteiger partial charge in [-0.25, -0.2) is 0 Å². The molecule has 0 aromatic rings. The lowest BCUT2D eigenvalue weighted by Gasteiger charge is -2.21. The highest BCUT2D eigenvalue weighted by Crippen LogP contribution is 2.15. The Morgan fingerprint density at radius 3 is 2.33 bits per heavy atom. The molecular weight excluding hydrogens is 240 g/mol. The van der Waals surface area contributed by atoms with Crippen LogP contribution in [0.4, 0.5) is 0 Å². The summed E-state index contributed by atoms with van der Waals surface area (Å²) in [4.78, 5) is 4.55. The van der Waals surface area contributed by atoms with Crippen LogP contribution in [0, 0.1) is 5.92 Å². The molecule has 0 radical (unpaired) electrons. The van der Waals surface area contributed by atoms with Gasteiger partial charge in [-0.05, 0) is 18.6 Å². The Hall–Kier alpha value is -0.180. The maximum atomic E-state index is 4.55. The minimum absolute atomic E-state index is 0.779. The van der Waals surface area contributed by atoms with Crippen LogP contribution in [0.1, 0.15) is 64.7 Å². The van der Waals surface area contributed by atoms with Gasteiger partial charge >= 0.3 is 0 Å². The highest BCUT2D eigenvalue weighted by molar-refractivity contribution is 8.13. The fourth-order valence-corrected chi connectivity index (χ4v) is 2.89. The van der Waals surface area contributed by atoms with Gasteiger partial charge in [0.25, 0.3) is 0 Å². The maximum absolute atomic E-state index is 4.55. The van der Waals surface area contributed by atoms with Crippen LogP contribution >= 0.6 is 11.8 Å². The average molecular weight is 270 g/mol. The van der Waals surface area contributed by atoms with Crippen LogP contribution in [-0.2, 0) is 0 Å². The van der Waals surface area contributed by atoms with E-state index in [1.54, 1.807) is 11.8 Å². The molecule has 0 spiro atoms. The molecule has 18 heavy (non-hydrogen) atoms. The van der Waals surface area contributed by atoms with E-state index < -0.39 is 0 Å². The van der Waals surface area contributed by atoms with Crippen LogP contribution in [0.3, 0.4) is 0 Å². The number of amidine groups is 1. The standard InChI is InChI=1S/C15H30N2S/c1-3-4-5-6-7-8-9-10-11-14-12-16-15(18-2)17-13-14/h14H,3-13H2,1-2H3,(H,16,17).